The fourth-order valence-corrected chi connectivity index (χ4v) is 2.79. The lowest BCUT2D eigenvalue weighted by Crippen LogP contribution is -2.47. The van der Waals surface area contributed by atoms with Crippen LogP contribution in [0.2, 0.25) is 0 Å². The molecule has 0 saturated carbocycles. The van der Waals surface area contributed by atoms with Gasteiger partial charge in [-0.05, 0) is 39.8 Å². The molecule has 0 aromatic carbocycles. The van der Waals surface area contributed by atoms with Gasteiger partial charge in [-0.25, -0.2) is 0 Å². The highest BCUT2D eigenvalue weighted by molar-refractivity contribution is 4.80. The standard InChI is InChI=1S/C13H27N3O/c1-11(8-12-4-3-5-14-12)15-9-13-10-16(2)6-7-17-13/h11-15H,3-10H2,1-2H3. The van der Waals surface area contributed by atoms with E-state index in [2.05, 4.69) is 29.5 Å². The van der Waals surface area contributed by atoms with E-state index in [1.54, 1.807) is 0 Å². The maximum absolute atomic E-state index is 5.75. The second-order valence-corrected chi connectivity index (χ2v) is 5.59. The molecular formula is C13H27N3O. The topological polar surface area (TPSA) is 36.5 Å². The van der Waals surface area contributed by atoms with Crippen LogP contribution in [0.1, 0.15) is 26.2 Å². The molecule has 0 amide bonds. The number of hydrogen-bond donors (Lipinski definition) is 2. The lowest BCUT2D eigenvalue weighted by molar-refractivity contribution is -0.0192. The fraction of sp³-hybridized carbons (Fsp3) is 1.00. The SMILES string of the molecule is CC(CC1CCCN1)NCC1CN(C)CCO1. The summed E-state index contributed by atoms with van der Waals surface area (Å²) in [5.41, 5.74) is 0. The predicted octanol–water partition coefficient (Wildman–Crippen LogP) is 0.437. The Morgan fingerprint density at radius 3 is 3.12 bits per heavy atom. The highest BCUT2D eigenvalue weighted by Gasteiger charge is 2.20. The zero-order valence-corrected chi connectivity index (χ0v) is 11.2. The van der Waals surface area contributed by atoms with Gasteiger partial charge in [-0.3, -0.25) is 0 Å². The van der Waals surface area contributed by atoms with Gasteiger partial charge in [0.05, 0.1) is 12.7 Å². The molecule has 0 spiro atoms. The lowest BCUT2D eigenvalue weighted by atomic mass is 10.1. The van der Waals surface area contributed by atoms with Gasteiger partial charge in [0.2, 0.25) is 0 Å². The molecule has 0 aliphatic carbocycles. The minimum atomic E-state index is 0.368. The molecule has 100 valence electrons. The van der Waals surface area contributed by atoms with Crippen molar-refractivity contribution in [2.45, 2.75) is 44.4 Å². The van der Waals surface area contributed by atoms with Crippen molar-refractivity contribution in [1.82, 2.24) is 15.5 Å². The molecule has 2 aliphatic heterocycles. The number of likely N-dealkylation sites (N-methyl/N-ethyl adjacent to an activating group) is 1. The van der Waals surface area contributed by atoms with Crippen LogP contribution in [0.4, 0.5) is 0 Å². The van der Waals surface area contributed by atoms with E-state index in [4.69, 9.17) is 4.74 Å². The number of rotatable bonds is 5. The average Bonchev–Trinajstić information content (AvgIpc) is 2.79. The molecule has 17 heavy (non-hydrogen) atoms. The fourth-order valence-electron chi connectivity index (χ4n) is 2.79. The van der Waals surface area contributed by atoms with E-state index in [0.29, 0.717) is 12.1 Å². The molecule has 0 aromatic rings. The Kier molecular flexibility index (Phi) is 5.22. The number of hydrogen-bond acceptors (Lipinski definition) is 4. The zero-order chi connectivity index (χ0) is 12.1. The van der Waals surface area contributed by atoms with E-state index in [1.807, 2.05) is 0 Å². The van der Waals surface area contributed by atoms with E-state index in [0.717, 1.165) is 32.3 Å². The van der Waals surface area contributed by atoms with Crippen LogP contribution in [0, 0.1) is 0 Å². The lowest BCUT2D eigenvalue weighted by Gasteiger charge is -2.31. The van der Waals surface area contributed by atoms with Crippen molar-refractivity contribution in [2.24, 2.45) is 0 Å². The van der Waals surface area contributed by atoms with Gasteiger partial charge >= 0.3 is 0 Å². The van der Waals surface area contributed by atoms with E-state index in [9.17, 15) is 0 Å². The predicted molar refractivity (Wildman–Crippen MR) is 70.3 cm³/mol. The van der Waals surface area contributed by atoms with Crippen molar-refractivity contribution in [3.63, 3.8) is 0 Å². The third-order valence-corrected chi connectivity index (χ3v) is 3.84. The van der Waals surface area contributed by atoms with Crippen LogP contribution in [0.3, 0.4) is 0 Å². The van der Waals surface area contributed by atoms with Gasteiger partial charge in [0.15, 0.2) is 0 Å². The molecule has 0 radical (unpaired) electrons. The molecule has 4 nitrogen and oxygen atoms in total. The van der Waals surface area contributed by atoms with E-state index in [1.165, 1.54) is 25.8 Å². The quantitative estimate of drug-likeness (QED) is 0.732. The van der Waals surface area contributed by atoms with Crippen LogP contribution in [-0.2, 0) is 4.74 Å². The Labute approximate surface area is 105 Å². The molecule has 2 fully saturated rings. The molecule has 2 saturated heterocycles. The molecule has 3 unspecified atom stereocenters. The van der Waals surface area contributed by atoms with Crippen LogP contribution < -0.4 is 10.6 Å². The van der Waals surface area contributed by atoms with Crippen molar-refractivity contribution in [3.05, 3.63) is 0 Å². The first-order valence-electron chi connectivity index (χ1n) is 7.01. The van der Waals surface area contributed by atoms with Crippen LogP contribution >= 0.6 is 0 Å². The smallest absolute Gasteiger partial charge is 0.0826 e. The van der Waals surface area contributed by atoms with Gasteiger partial charge in [0.25, 0.3) is 0 Å². The van der Waals surface area contributed by atoms with E-state index < -0.39 is 0 Å². The number of nitrogens with zero attached hydrogens (tertiary/aromatic N) is 1. The summed E-state index contributed by atoms with van der Waals surface area (Å²) in [6.45, 7) is 7.47. The maximum atomic E-state index is 5.75. The van der Waals surface area contributed by atoms with Gasteiger partial charge in [-0.2, -0.15) is 0 Å². The molecule has 2 rings (SSSR count). The molecule has 2 N–H and O–H groups in total. The maximum Gasteiger partial charge on any atom is 0.0826 e. The second kappa shape index (κ2) is 6.69. The van der Waals surface area contributed by atoms with Gasteiger partial charge in [-0.1, -0.05) is 0 Å². The number of nitrogens with one attached hydrogen (secondary N) is 2. The summed E-state index contributed by atoms with van der Waals surface area (Å²) in [6.07, 6.45) is 4.29. The average molecular weight is 241 g/mol. The molecule has 2 aliphatic rings. The van der Waals surface area contributed by atoms with Crippen molar-refractivity contribution in [2.75, 3.05) is 39.8 Å². The summed E-state index contributed by atoms with van der Waals surface area (Å²) in [5.74, 6) is 0. The Morgan fingerprint density at radius 2 is 2.41 bits per heavy atom. The van der Waals surface area contributed by atoms with Gasteiger partial charge < -0.3 is 20.3 Å². The first-order chi connectivity index (χ1) is 8.24. The summed E-state index contributed by atoms with van der Waals surface area (Å²) in [6, 6.07) is 1.31. The molecule has 4 heteroatoms. The van der Waals surface area contributed by atoms with Crippen molar-refractivity contribution in [1.29, 1.82) is 0 Å². The highest BCUT2D eigenvalue weighted by atomic mass is 16.5. The Hall–Kier alpha value is -0.160. The summed E-state index contributed by atoms with van der Waals surface area (Å²) >= 11 is 0. The van der Waals surface area contributed by atoms with Crippen molar-refractivity contribution < 1.29 is 4.74 Å². The summed E-state index contributed by atoms with van der Waals surface area (Å²) in [5, 5.41) is 7.16. The Balaban J connectivity index is 1.59. The monoisotopic (exact) mass is 241 g/mol. The molecule has 2 heterocycles. The van der Waals surface area contributed by atoms with Gasteiger partial charge in [0.1, 0.15) is 0 Å². The van der Waals surface area contributed by atoms with Gasteiger partial charge in [-0.15, -0.1) is 0 Å². The minimum absolute atomic E-state index is 0.368. The Morgan fingerprint density at radius 1 is 1.53 bits per heavy atom. The third kappa shape index (κ3) is 4.54. The second-order valence-electron chi connectivity index (χ2n) is 5.59. The van der Waals surface area contributed by atoms with Crippen LogP contribution in [0.5, 0.6) is 0 Å². The largest absolute Gasteiger partial charge is 0.374 e. The Bertz CT molecular complexity index is 219. The summed E-state index contributed by atoms with van der Waals surface area (Å²) in [4.78, 5) is 2.35. The molecule has 0 bridgehead atoms. The zero-order valence-electron chi connectivity index (χ0n) is 11.2. The minimum Gasteiger partial charge on any atom is -0.374 e. The molecule has 3 atom stereocenters. The van der Waals surface area contributed by atoms with Crippen LogP contribution in [0.15, 0.2) is 0 Å². The van der Waals surface area contributed by atoms with E-state index >= 15 is 0 Å². The first kappa shape index (κ1) is 13.3. The molecular weight excluding hydrogens is 214 g/mol. The normalized spacial score (nSPS) is 32.8. The van der Waals surface area contributed by atoms with Crippen molar-refractivity contribution in [3.8, 4) is 0 Å². The highest BCUT2D eigenvalue weighted by Crippen LogP contribution is 2.11. The number of morpholine rings is 1. The molecule has 0 aromatic heterocycles. The van der Waals surface area contributed by atoms with Crippen molar-refractivity contribution >= 4 is 0 Å². The van der Waals surface area contributed by atoms with Gasteiger partial charge in [0, 0.05) is 31.7 Å². The first-order valence-corrected chi connectivity index (χ1v) is 7.01. The third-order valence-electron chi connectivity index (χ3n) is 3.84. The number of ether oxygens (including phenoxy) is 1. The summed E-state index contributed by atoms with van der Waals surface area (Å²) < 4.78 is 5.75. The summed E-state index contributed by atoms with van der Waals surface area (Å²) in [7, 11) is 2.17. The van der Waals surface area contributed by atoms with E-state index in [-0.39, 0.29) is 0 Å². The van der Waals surface area contributed by atoms with Crippen LogP contribution in [-0.4, -0.2) is 62.9 Å². The van der Waals surface area contributed by atoms with Crippen LogP contribution in [0.25, 0.3) is 0 Å².